The maximum atomic E-state index is 6.51. The Morgan fingerprint density at radius 2 is 2.10 bits per heavy atom. The number of aromatic nitrogens is 1. The molecule has 4 atom stereocenters. The van der Waals surface area contributed by atoms with Crippen molar-refractivity contribution in [3.8, 4) is 0 Å². The van der Waals surface area contributed by atoms with Gasteiger partial charge in [0.05, 0.1) is 5.52 Å². The maximum Gasteiger partial charge on any atom is 0.0705 e. The lowest BCUT2D eigenvalue weighted by atomic mass is 10.0. The van der Waals surface area contributed by atoms with Crippen LogP contribution in [0.5, 0.6) is 0 Å². The van der Waals surface area contributed by atoms with Gasteiger partial charge in [-0.3, -0.25) is 4.98 Å². The first kappa shape index (κ1) is 14.2. The average Bonchev–Trinajstić information content (AvgIpc) is 2.49. The molecule has 1 saturated heterocycles. The fourth-order valence-corrected chi connectivity index (χ4v) is 5.55. The third kappa shape index (κ3) is 2.83. The fourth-order valence-electron chi connectivity index (χ4n) is 2.50. The van der Waals surface area contributed by atoms with Crippen LogP contribution in [0.3, 0.4) is 0 Å². The molecule has 1 aliphatic rings. The van der Waals surface area contributed by atoms with Crippen LogP contribution in [0.15, 0.2) is 36.5 Å². The van der Waals surface area contributed by atoms with Gasteiger partial charge in [0.15, 0.2) is 0 Å². The number of nitrogens with two attached hydrogens (primary N) is 1. The molecule has 1 aromatic carbocycles. The molecular weight excluding hydrogens is 284 g/mol. The summed E-state index contributed by atoms with van der Waals surface area (Å²) >= 11 is 4.08. The quantitative estimate of drug-likeness (QED) is 0.914. The summed E-state index contributed by atoms with van der Waals surface area (Å²) in [6, 6.07) is 10.6. The highest BCUT2D eigenvalue weighted by atomic mass is 32.2. The van der Waals surface area contributed by atoms with Crippen molar-refractivity contribution in [3.05, 3.63) is 42.1 Å². The Morgan fingerprint density at radius 3 is 2.90 bits per heavy atom. The van der Waals surface area contributed by atoms with Crippen molar-refractivity contribution >= 4 is 34.4 Å². The normalized spacial score (nSPS) is 28.4. The highest BCUT2D eigenvalue weighted by Gasteiger charge is 2.30. The average molecular weight is 304 g/mol. The molecule has 0 bridgehead atoms. The zero-order chi connectivity index (χ0) is 14.1. The molecule has 3 rings (SSSR count). The summed E-state index contributed by atoms with van der Waals surface area (Å²) in [5, 5.41) is 3.06. The highest BCUT2D eigenvalue weighted by molar-refractivity contribution is 8.07. The lowest BCUT2D eigenvalue weighted by molar-refractivity contribution is 0.708. The Hall–Kier alpha value is -0.710. The number of pyridine rings is 1. The van der Waals surface area contributed by atoms with Gasteiger partial charge < -0.3 is 5.73 Å². The van der Waals surface area contributed by atoms with E-state index in [1.165, 1.54) is 10.9 Å². The Balaban J connectivity index is 1.83. The van der Waals surface area contributed by atoms with Crippen LogP contribution in [-0.2, 0) is 0 Å². The van der Waals surface area contributed by atoms with Crippen LogP contribution < -0.4 is 5.73 Å². The summed E-state index contributed by atoms with van der Waals surface area (Å²) in [7, 11) is 0. The zero-order valence-electron chi connectivity index (χ0n) is 11.8. The monoisotopic (exact) mass is 304 g/mol. The standard InChI is InChI=1S/C16H20N2S2/c1-10-11(2)20-15(9-19-10)16(17)13-6-5-12-4-3-7-18-14(12)8-13/h3-8,10-11,15-16H,9,17H2,1-2H3. The third-order valence-electron chi connectivity index (χ3n) is 3.99. The first-order valence-corrected chi connectivity index (χ1v) is 9.01. The van der Waals surface area contributed by atoms with Crippen molar-refractivity contribution < 1.29 is 0 Å². The van der Waals surface area contributed by atoms with Crippen LogP contribution in [0.4, 0.5) is 0 Å². The summed E-state index contributed by atoms with van der Waals surface area (Å²) < 4.78 is 0. The van der Waals surface area contributed by atoms with Gasteiger partial charge in [0, 0.05) is 39.1 Å². The maximum absolute atomic E-state index is 6.51. The van der Waals surface area contributed by atoms with Gasteiger partial charge in [0.2, 0.25) is 0 Å². The number of nitrogens with zero attached hydrogens (tertiary/aromatic N) is 1. The molecule has 4 heteroatoms. The molecular formula is C16H20N2S2. The summed E-state index contributed by atoms with van der Waals surface area (Å²) in [5.41, 5.74) is 8.75. The van der Waals surface area contributed by atoms with Gasteiger partial charge in [-0.2, -0.15) is 23.5 Å². The van der Waals surface area contributed by atoms with Gasteiger partial charge in [-0.1, -0.05) is 32.0 Å². The predicted molar refractivity (Wildman–Crippen MR) is 91.4 cm³/mol. The van der Waals surface area contributed by atoms with Crippen LogP contribution in [0.1, 0.15) is 25.5 Å². The molecule has 2 nitrogen and oxygen atoms in total. The molecule has 2 N–H and O–H groups in total. The van der Waals surface area contributed by atoms with Gasteiger partial charge in [0.25, 0.3) is 0 Å². The molecule has 0 saturated carbocycles. The fraction of sp³-hybridized carbons (Fsp3) is 0.438. The molecule has 20 heavy (non-hydrogen) atoms. The molecule has 2 heterocycles. The second-order valence-corrected chi connectivity index (χ2v) is 8.43. The van der Waals surface area contributed by atoms with E-state index in [-0.39, 0.29) is 6.04 Å². The molecule has 0 spiro atoms. The second-order valence-electron chi connectivity index (χ2n) is 5.40. The topological polar surface area (TPSA) is 38.9 Å². The van der Waals surface area contributed by atoms with Crippen molar-refractivity contribution in [2.75, 3.05) is 5.75 Å². The van der Waals surface area contributed by atoms with Gasteiger partial charge in [-0.25, -0.2) is 0 Å². The summed E-state index contributed by atoms with van der Waals surface area (Å²) in [4.78, 5) is 4.43. The van der Waals surface area contributed by atoms with E-state index in [2.05, 4.69) is 43.1 Å². The van der Waals surface area contributed by atoms with Crippen molar-refractivity contribution in [2.24, 2.45) is 5.73 Å². The van der Waals surface area contributed by atoms with Crippen molar-refractivity contribution in [3.63, 3.8) is 0 Å². The molecule has 4 unspecified atom stereocenters. The van der Waals surface area contributed by atoms with Crippen LogP contribution >= 0.6 is 23.5 Å². The predicted octanol–water partition coefficient (Wildman–Crippen LogP) is 3.86. The number of hydrogen-bond donors (Lipinski definition) is 1. The van der Waals surface area contributed by atoms with Gasteiger partial charge in [-0.05, 0) is 17.7 Å². The van der Waals surface area contributed by atoms with Crippen LogP contribution in [0.25, 0.3) is 10.9 Å². The van der Waals surface area contributed by atoms with E-state index in [4.69, 9.17) is 5.73 Å². The minimum absolute atomic E-state index is 0.0915. The van der Waals surface area contributed by atoms with Gasteiger partial charge >= 0.3 is 0 Å². The summed E-state index contributed by atoms with van der Waals surface area (Å²) in [6.07, 6.45) is 1.84. The first-order valence-electron chi connectivity index (χ1n) is 7.02. The second kappa shape index (κ2) is 5.96. The smallest absolute Gasteiger partial charge is 0.0705 e. The lowest BCUT2D eigenvalue weighted by Gasteiger charge is -2.34. The largest absolute Gasteiger partial charge is 0.323 e. The van der Waals surface area contributed by atoms with E-state index in [0.717, 1.165) is 16.5 Å². The Kier molecular flexibility index (Phi) is 4.24. The van der Waals surface area contributed by atoms with Crippen LogP contribution in [0.2, 0.25) is 0 Å². The zero-order valence-corrected chi connectivity index (χ0v) is 13.5. The molecule has 2 aromatic rings. The van der Waals surface area contributed by atoms with E-state index in [0.29, 0.717) is 10.5 Å². The summed E-state index contributed by atoms with van der Waals surface area (Å²) in [6.45, 7) is 4.62. The van der Waals surface area contributed by atoms with E-state index in [1.807, 2.05) is 35.8 Å². The number of benzene rings is 1. The molecule has 0 amide bonds. The number of fused-ring (bicyclic) bond motifs is 1. The molecule has 1 fully saturated rings. The van der Waals surface area contributed by atoms with E-state index < -0.39 is 0 Å². The molecule has 0 radical (unpaired) electrons. The molecule has 106 valence electrons. The molecule has 1 aromatic heterocycles. The number of thioether (sulfide) groups is 2. The van der Waals surface area contributed by atoms with E-state index >= 15 is 0 Å². The van der Waals surface area contributed by atoms with E-state index in [1.54, 1.807) is 0 Å². The number of hydrogen-bond acceptors (Lipinski definition) is 4. The SMILES string of the molecule is CC1SCC(C(N)c2ccc3cccnc3c2)SC1C. The third-order valence-corrected chi connectivity index (χ3v) is 7.51. The van der Waals surface area contributed by atoms with Crippen molar-refractivity contribution in [2.45, 2.75) is 35.6 Å². The van der Waals surface area contributed by atoms with Gasteiger partial charge in [0.1, 0.15) is 0 Å². The molecule has 0 aliphatic carbocycles. The van der Waals surface area contributed by atoms with E-state index in [9.17, 15) is 0 Å². The Labute approximate surface area is 128 Å². The molecule has 1 aliphatic heterocycles. The van der Waals surface area contributed by atoms with Crippen molar-refractivity contribution in [1.82, 2.24) is 4.98 Å². The lowest BCUT2D eigenvalue weighted by Crippen LogP contribution is -2.34. The number of rotatable bonds is 2. The Morgan fingerprint density at radius 1 is 1.25 bits per heavy atom. The first-order chi connectivity index (χ1) is 9.65. The minimum atomic E-state index is 0.0915. The van der Waals surface area contributed by atoms with Crippen LogP contribution in [0, 0.1) is 0 Å². The van der Waals surface area contributed by atoms with Crippen molar-refractivity contribution in [1.29, 1.82) is 0 Å². The van der Waals surface area contributed by atoms with Crippen LogP contribution in [-0.4, -0.2) is 26.5 Å². The highest BCUT2D eigenvalue weighted by Crippen LogP contribution is 2.40. The minimum Gasteiger partial charge on any atom is -0.323 e. The summed E-state index contributed by atoms with van der Waals surface area (Å²) in [5.74, 6) is 1.14. The Bertz CT molecular complexity index is 602. The van der Waals surface area contributed by atoms with Gasteiger partial charge in [-0.15, -0.1) is 0 Å².